The topological polar surface area (TPSA) is 84.5 Å². The van der Waals surface area contributed by atoms with E-state index < -0.39 is 18.5 Å². The fraction of sp³-hybridized carbons (Fsp3) is 0.400. The molecule has 2 aliphatic carbocycles. The van der Waals surface area contributed by atoms with Crippen LogP contribution in [0.5, 0.6) is 0 Å². The van der Waals surface area contributed by atoms with Gasteiger partial charge in [0.15, 0.2) is 6.61 Å². The number of carbonyl (C=O) groups is 3. The van der Waals surface area contributed by atoms with Crippen molar-refractivity contribution in [3.63, 3.8) is 0 Å². The van der Waals surface area contributed by atoms with Gasteiger partial charge >= 0.3 is 5.97 Å². The van der Waals surface area contributed by atoms with Crippen LogP contribution in [0.4, 0.5) is 5.69 Å². The molecule has 0 bridgehead atoms. The quantitative estimate of drug-likeness (QED) is 0.691. The van der Waals surface area contributed by atoms with Gasteiger partial charge in [-0.1, -0.05) is 31.0 Å². The largest absolute Gasteiger partial charge is 0.452 e. The smallest absolute Gasteiger partial charge is 0.338 e. The number of fused-ring (bicyclic) bond motifs is 1. The van der Waals surface area contributed by atoms with Gasteiger partial charge in [0.1, 0.15) is 0 Å². The fourth-order valence-corrected chi connectivity index (χ4v) is 4.38. The minimum atomic E-state index is -0.518. The molecule has 0 radical (unpaired) electrons. The number of benzene rings is 2. The van der Waals surface area contributed by atoms with Gasteiger partial charge in [0.25, 0.3) is 11.8 Å². The molecule has 2 aromatic rings. The molecule has 4 rings (SSSR count). The molecule has 0 aliphatic heterocycles. The maximum atomic E-state index is 12.6. The number of hydrogen-bond acceptors (Lipinski definition) is 4. The van der Waals surface area contributed by atoms with Crippen LogP contribution in [-0.4, -0.2) is 30.4 Å². The average Bonchev–Trinajstić information content (AvgIpc) is 3.30. The normalized spacial score (nSPS) is 15.7. The summed E-state index contributed by atoms with van der Waals surface area (Å²) in [5.74, 6) is -1.20. The van der Waals surface area contributed by atoms with Crippen LogP contribution in [0, 0.1) is 0 Å². The van der Waals surface area contributed by atoms with Crippen molar-refractivity contribution in [1.82, 2.24) is 5.32 Å². The zero-order chi connectivity index (χ0) is 21.6. The van der Waals surface area contributed by atoms with Gasteiger partial charge in [0, 0.05) is 6.04 Å². The highest BCUT2D eigenvalue weighted by Gasteiger charge is 2.20. The zero-order valence-corrected chi connectivity index (χ0v) is 17.6. The Balaban J connectivity index is 1.33. The average molecular weight is 421 g/mol. The minimum Gasteiger partial charge on any atom is -0.452 e. The van der Waals surface area contributed by atoms with Crippen molar-refractivity contribution in [2.45, 2.75) is 57.4 Å². The van der Waals surface area contributed by atoms with Crippen LogP contribution in [-0.2, 0) is 22.4 Å². The lowest BCUT2D eigenvalue weighted by Crippen LogP contribution is -2.33. The number of hydrogen-bond donors (Lipinski definition) is 2. The van der Waals surface area contributed by atoms with Gasteiger partial charge in [-0.25, -0.2) is 4.79 Å². The number of para-hydroxylation sites is 1. The van der Waals surface area contributed by atoms with Crippen LogP contribution < -0.4 is 10.6 Å². The molecule has 0 atom stereocenters. The lowest BCUT2D eigenvalue weighted by Gasteiger charge is -2.16. The molecule has 0 aromatic heterocycles. The SMILES string of the molecule is O=C(COC(=O)c1ccc2c(c1)CCCC2)Nc1ccccc1C(=O)NC1CCCC1. The van der Waals surface area contributed by atoms with E-state index in [0.29, 0.717) is 16.8 Å². The summed E-state index contributed by atoms with van der Waals surface area (Å²) in [7, 11) is 0. The van der Waals surface area contributed by atoms with Crippen LogP contribution in [0.15, 0.2) is 42.5 Å². The van der Waals surface area contributed by atoms with Crippen LogP contribution >= 0.6 is 0 Å². The number of rotatable bonds is 6. The summed E-state index contributed by atoms with van der Waals surface area (Å²) < 4.78 is 5.21. The first-order valence-electron chi connectivity index (χ1n) is 11.1. The number of anilines is 1. The van der Waals surface area contributed by atoms with E-state index in [0.717, 1.165) is 44.9 Å². The van der Waals surface area contributed by atoms with E-state index in [1.165, 1.54) is 17.5 Å². The summed E-state index contributed by atoms with van der Waals surface area (Å²) >= 11 is 0. The molecular weight excluding hydrogens is 392 g/mol. The van der Waals surface area contributed by atoms with Gasteiger partial charge in [0.2, 0.25) is 0 Å². The third kappa shape index (κ3) is 5.32. The molecule has 1 fully saturated rings. The summed E-state index contributed by atoms with van der Waals surface area (Å²) in [5, 5.41) is 5.73. The van der Waals surface area contributed by atoms with Gasteiger partial charge in [-0.2, -0.15) is 0 Å². The van der Waals surface area contributed by atoms with E-state index in [1.54, 1.807) is 30.3 Å². The number of aryl methyl sites for hydroxylation is 2. The van der Waals surface area contributed by atoms with Crippen molar-refractivity contribution in [2.75, 3.05) is 11.9 Å². The van der Waals surface area contributed by atoms with E-state index in [9.17, 15) is 14.4 Å². The Morgan fingerprint density at radius 1 is 0.903 bits per heavy atom. The molecule has 6 heteroatoms. The first-order chi connectivity index (χ1) is 15.1. The first-order valence-corrected chi connectivity index (χ1v) is 11.1. The molecule has 31 heavy (non-hydrogen) atoms. The van der Waals surface area contributed by atoms with E-state index in [4.69, 9.17) is 4.74 Å². The second kappa shape index (κ2) is 9.77. The van der Waals surface area contributed by atoms with Crippen LogP contribution in [0.3, 0.4) is 0 Å². The highest BCUT2D eigenvalue weighted by Crippen LogP contribution is 2.23. The third-order valence-electron chi connectivity index (χ3n) is 6.05. The van der Waals surface area contributed by atoms with E-state index in [1.807, 2.05) is 12.1 Å². The Labute approximate surface area is 182 Å². The lowest BCUT2D eigenvalue weighted by molar-refractivity contribution is -0.119. The van der Waals surface area contributed by atoms with Crippen LogP contribution in [0.25, 0.3) is 0 Å². The predicted molar refractivity (Wildman–Crippen MR) is 118 cm³/mol. The second-order valence-corrected chi connectivity index (χ2v) is 8.32. The minimum absolute atomic E-state index is 0.189. The third-order valence-corrected chi connectivity index (χ3v) is 6.05. The zero-order valence-electron chi connectivity index (χ0n) is 17.6. The van der Waals surface area contributed by atoms with E-state index in [2.05, 4.69) is 10.6 Å². The molecular formula is C25H28N2O4. The summed E-state index contributed by atoms with van der Waals surface area (Å²) in [6, 6.07) is 12.7. The molecule has 1 saturated carbocycles. The van der Waals surface area contributed by atoms with Crippen molar-refractivity contribution >= 4 is 23.5 Å². The summed E-state index contributed by atoms with van der Waals surface area (Å²) in [5.41, 5.74) is 3.75. The Morgan fingerprint density at radius 3 is 2.45 bits per heavy atom. The predicted octanol–water partition coefficient (Wildman–Crippen LogP) is 4.03. The van der Waals surface area contributed by atoms with Gasteiger partial charge in [-0.05, 0) is 73.9 Å². The molecule has 2 aliphatic rings. The molecule has 0 spiro atoms. The van der Waals surface area contributed by atoms with Gasteiger partial charge < -0.3 is 15.4 Å². The van der Waals surface area contributed by atoms with E-state index in [-0.39, 0.29) is 11.9 Å². The molecule has 0 heterocycles. The van der Waals surface area contributed by atoms with Gasteiger partial charge in [-0.15, -0.1) is 0 Å². The van der Waals surface area contributed by atoms with Gasteiger partial charge in [0.05, 0.1) is 16.8 Å². The number of ether oxygens (including phenoxy) is 1. The number of esters is 1. The molecule has 2 N–H and O–H groups in total. The number of amides is 2. The monoisotopic (exact) mass is 420 g/mol. The fourth-order valence-electron chi connectivity index (χ4n) is 4.38. The number of carbonyl (C=O) groups excluding carboxylic acids is 3. The van der Waals surface area contributed by atoms with Crippen molar-refractivity contribution in [2.24, 2.45) is 0 Å². The van der Waals surface area contributed by atoms with Crippen molar-refractivity contribution in [3.8, 4) is 0 Å². The molecule has 162 valence electrons. The van der Waals surface area contributed by atoms with Gasteiger partial charge in [-0.3, -0.25) is 9.59 Å². The van der Waals surface area contributed by atoms with E-state index >= 15 is 0 Å². The maximum Gasteiger partial charge on any atom is 0.338 e. The Kier molecular flexibility index (Phi) is 6.65. The summed E-state index contributed by atoms with van der Waals surface area (Å²) in [6.07, 6.45) is 8.53. The standard InChI is InChI=1S/C25H28N2O4/c28-23(16-31-25(30)19-14-13-17-7-1-2-8-18(17)15-19)27-22-12-6-5-11-21(22)24(29)26-20-9-3-4-10-20/h5-6,11-15,20H,1-4,7-10,16H2,(H,26,29)(H,27,28). The van der Waals surface area contributed by atoms with Crippen molar-refractivity contribution in [1.29, 1.82) is 0 Å². The van der Waals surface area contributed by atoms with Crippen LogP contribution in [0.1, 0.15) is 70.4 Å². The maximum absolute atomic E-state index is 12.6. The highest BCUT2D eigenvalue weighted by atomic mass is 16.5. The lowest BCUT2D eigenvalue weighted by atomic mass is 9.90. The summed E-state index contributed by atoms with van der Waals surface area (Å²) in [4.78, 5) is 37.4. The molecule has 2 aromatic carbocycles. The second-order valence-electron chi connectivity index (χ2n) is 8.32. The Morgan fingerprint density at radius 2 is 1.65 bits per heavy atom. The first kappa shape index (κ1) is 21.1. The van der Waals surface area contributed by atoms with Crippen molar-refractivity contribution in [3.05, 3.63) is 64.7 Å². The molecule has 0 unspecified atom stereocenters. The highest BCUT2D eigenvalue weighted by molar-refractivity contribution is 6.04. The van der Waals surface area contributed by atoms with Crippen molar-refractivity contribution < 1.29 is 19.1 Å². The Bertz CT molecular complexity index is 979. The Hall–Kier alpha value is -3.15. The molecule has 6 nitrogen and oxygen atoms in total. The number of nitrogens with one attached hydrogen (secondary N) is 2. The summed E-state index contributed by atoms with van der Waals surface area (Å²) in [6.45, 7) is -0.408. The van der Waals surface area contributed by atoms with Crippen LogP contribution in [0.2, 0.25) is 0 Å². The molecule has 2 amide bonds. The molecule has 0 saturated heterocycles.